The highest BCUT2D eigenvalue weighted by atomic mass is 79.9. The van der Waals surface area contributed by atoms with Crippen molar-refractivity contribution >= 4 is 27.5 Å². The first kappa shape index (κ1) is 15.4. The zero-order valence-electron chi connectivity index (χ0n) is 10.2. The van der Waals surface area contributed by atoms with Crippen molar-refractivity contribution in [3.8, 4) is 0 Å². The molecule has 8 heteroatoms. The predicted molar refractivity (Wildman–Crippen MR) is 71.3 cm³/mol. The zero-order chi connectivity index (χ0) is 15.6. The van der Waals surface area contributed by atoms with Gasteiger partial charge < -0.3 is 5.32 Å². The van der Waals surface area contributed by atoms with E-state index in [2.05, 4.69) is 26.2 Å². The molecule has 1 aromatic carbocycles. The zero-order valence-corrected chi connectivity index (χ0v) is 11.8. The normalized spacial score (nSPS) is 11.3. The van der Waals surface area contributed by atoms with Crippen molar-refractivity contribution in [1.82, 2.24) is 4.98 Å². The Labute approximate surface area is 125 Å². The maximum absolute atomic E-state index is 13.6. The standard InChI is InChI=1S/C13H7BrF4N2O/c14-8-2-1-3-9(15)11(8)12(21)20-7-4-5-10(19-6-7)13(16,17)18/h1-6H,(H,20,21). The maximum atomic E-state index is 13.6. The molecular weight excluding hydrogens is 356 g/mol. The molecule has 0 radical (unpaired) electrons. The van der Waals surface area contributed by atoms with E-state index in [1.54, 1.807) is 0 Å². The summed E-state index contributed by atoms with van der Waals surface area (Å²) in [6.45, 7) is 0. The fourth-order valence-electron chi connectivity index (χ4n) is 1.54. The molecule has 110 valence electrons. The molecule has 2 aromatic rings. The first-order chi connectivity index (χ1) is 9.79. The van der Waals surface area contributed by atoms with Gasteiger partial charge in [-0.1, -0.05) is 6.07 Å². The van der Waals surface area contributed by atoms with Crippen LogP contribution in [0, 0.1) is 5.82 Å². The summed E-state index contributed by atoms with van der Waals surface area (Å²) in [7, 11) is 0. The third-order valence-corrected chi connectivity index (χ3v) is 3.16. The molecule has 0 aliphatic heterocycles. The third kappa shape index (κ3) is 3.57. The summed E-state index contributed by atoms with van der Waals surface area (Å²) < 4.78 is 50.8. The predicted octanol–water partition coefficient (Wildman–Crippen LogP) is 4.25. The van der Waals surface area contributed by atoms with Crippen LogP contribution in [0.1, 0.15) is 16.1 Å². The van der Waals surface area contributed by atoms with Crippen molar-refractivity contribution < 1.29 is 22.4 Å². The number of benzene rings is 1. The van der Waals surface area contributed by atoms with Gasteiger partial charge in [0.1, 0.15) is 11.5 Å². The first-order valence-electron chi connectivity index (χ1n) is 5.57. The third-order valence-electron chi connectivity index (χ3n) is 2.50. The smallest absolute Gasteiger partial charge is 0.320 e. The molecule has 0 saturated heterocycles. The average molecular weight is 363 g/mol. The Morgan fingerprint density at radius 1 is 1.19 bits per heavy atom. The van der Waals surface area contributed by atoms with E-state index in [0.717, 1.165) is 24.4 Å². The van der Waals surface area contributed by atoms with Gasteiger partial charge in [-0.3, -0.25) is 4.79 Å². The number of nitrogens with zero attached hydrogens (tertiary/aromatic N) is 1. The second-order valence-corrected chi connectivity index (χ2v) is 4.83. The molecule has 0 aliphatic carbocycles. The molecule has 1 heterocycles. The van der Waals surface area contributed by atoms with Gasteiger partial charge in [-0.25, -0.2) is 9.37 Å². The van der Waals surface area contributed by atoms with Crippen LogP contribution in [-0.4, -0.2) is 10.9 Å². The molecule has 21 heavy (non-hydrogen) atoms. The minimum Gasteiger partial charge on any atom is -0.320 e. The molecule has 1 amide bonds. The number of carbonyl (C=O) groups excluding carboxylic acids is 1. The lowest BCUT2D eigenvalue weighted by Gasteiger charge is -2.09. The molecule has 2 rings (SSSR count). The number of nitrogens with one attached hydrogen (secondary N) is 1. The molecule has 0 atom stereocenters. The van der Waals surface area contributed by atoms with Crippen molar-refractivity contribution in [1.29, 1.82) is 0 Å². The van der Waals surface area contributed by atoms with Gasteiger partial charge in [-0.05, 0) is 40.2 Å². The Bertz CT molecular complexity index is 651. The number of carbonyl (C=O) groups is 1. The monoisotopic (exact) mass is 362 g/mol. The van der Waals surface area contributed by atoms with Crippen LogP contribution in [-0.2, 0) is 6.18 Å². The molecule has 0 fully saturated rings. The van der Waals surface area contributed by atoms with Crippen LogP contribution in [0.3, 0.4) is 0 Å². The second-order valence-electron chi connectivity index (χ2n) is 3.98. The fourth-order valence-corrected chi connectivity index (χ4v) is 2.07. The molecule has 1 N–H and O–H groups in total. The van der Waals surface area contributed by atoms with Gasteiger partial charge in [-0.15, -0.1) is 0 Å². The van der Waals surface area contributed by atoms with Gasteiger partial charge in [0.2, 0.25) is 0 Å². The summed E-state index contributed by atoms with van der Waals surface area (Å²) in [5, 5.41) is 2.28. The quantitative estimate of drug-likeness (QED) is 0.811. The largest absolute Gasteiger partial charge is 0.433 e. The molecule has 0 aliphatic rings. The summed E-state index contributed by atoms with van der Waals surface area (Å²) in [5.74, 6) is -1.54. The lowest BCUT2D eigenvalue weighted by Crippen LogP contribution is -2.15. The first-order valence-corrected chi connectivity index (χ1v) is 6.37. The molecule has 0 spiro atoms. The van der Waals surface area contributed by atoms with Gasteiger partial charge in [-0.2, -0.15) is 13.2 Å². The summed E-state index contributed by atoms with van der Waals surface area (Å²) in [6, 6.07) is 5.76. The number of hydrogen-bond donors (Lipinski definition) is 1. The summed E-state index contributed by atoms with van der Waals surface area (Å²) in [4.78, 5) is 15.1. The van der Waals surface area contributed by atoms with Crippen LogP contribution >= 0.6 is 15.9 Å². The van der Waals surface area contributed by atoms with Crippen molar-refractivity contribution in [2.24, 2.45) is 0 Å². The van der Waals surface area contributed by atoms with Crippen LogP contribution in [0.5, 0.6) is 0 Å². The van der Waals surface area contributed by atoms with Crippen LogP contribution in [0.4, 0.5) is 23.2 Å². The van der Waals surface area contributed by atoms with Crippen molar-refractivity contribution in [2.75, 3.05) is 5.32 Å². The van der Waals surface area contributed by atoms with E-state index in [1.165, 1.54) is 12.1 Å². The van der Waals surface area contributed by atoms with Gasteiger partial charge in [0.05, 0.1) is 17.4 Å². The van der Waals surface area contributed by atoms with Crippen LogP contribution in [0.15, 0.2) is 41.0 Å². The summed E-state index contributed by atoms with van der Waals surface area (Å²) in [6.07, 6.45) is -3.70. The molecule has 1 aromatic heterocycles. The molecular formula is C13H7BrF4N2O. The van der Waals surface area contributed by atoms with Crippen molar-refractivity contribution in [3.63, 3.8) is 0 Å². The van der Waals surface area contributed by atoms with Gasteiger partial charge in [0, 0.05) is 4.47 Å². The Kier molecular flexibility index (Phi) is 4.26. The Hall–Kier alpha value is -1.96. The number of halogens is 5. The van der Waals surface area contributed by atoms with E-state index in [0.29, 0.717) is 0 Å². The highest BCUT2D eigenvalue weighted by Crippen LogP contribution is 2.28. The Morgan fingerprint density at radius 2 is 1.90 bits per heavy atom. The number of alkyl halides is 3. The van der Waals surface area contributed by atoms with Gasteiger partial charge in [0.15, 0.2) is 0 Å². The van der Waals surface area contributed by atoms with Crippen LogP contribution in [0.25, 0.3) is 0 Å². The molecule has 0 bridgehead atoms. The number of rotatable bonds is 2. The molecule has 0 unspecified atom stereocenters. The highest BCUT2D eigenvalue weighted by Gasteiger charge is 2.32. The van der Waals surface area contributed by atoms with Crippen molar-refractivity contribution in [3.05, 3.63) is 58.1 Å². The Balaban J connectivity index is 2.21. The van der Waals surface area contributed by atoms with Crippen molar-refractivity contribution in [2.45, 2.75) is 6.18 Å². The van der Waals surface area contributed by atoms with E-state index in [9.17, 15) is 22.4 Å². The van der Waals surface area contributed by atoms with E-state index >= 15 is 0 Å². The number of aromatic nitrogens is 1. The van der Waals surface area contributed by atoms with Crippen LogP contribution in [0.2, 0.25) is 0 Å². The molecule has 0 saturated carbocycles. The SMILES string of the molecule is O=C(Nc1ccc(C(F)(F)F)nc1)c1c(F)cccc1Br. The average Bonchev–Trinajstić information content (AvgIpc) is 2.38. The molecule has 3 nitrogen and oxygen atoms in total. The van der Waals surface area contributed by atoms with E-state index in [4.69, 9.17) is 0 Å². The minimum atomic E-state index is -4.56. The van der Waals surface area contributed by atoms with E-state index < -0.39 is 23.6 Å². The summed E-state index contributed by atoms with van der Waals surface area (Å²) >= 11 is 3.03. The second kappa shape index (κ2) is 5.80. The lowest BCUT2D eigenvalue weighted by molar-refractivity contribution is -0.141. The number of pyridine rings is 1. The minimum absolute atomic E-state index is 0.0307. The van der Waals surface area contributed by atoms with Gasteiger partial charge >= 0.3 is 6.18 Å². The topological polar surface area (TPSA) is 42.0 Å². The Morgan fingerprint density at radius 3 is 2.43 bits per heavy atom. The van der Waals surface area contributed by atoms with E-state index in [-0.39, 0.29) is 15.7 Å². The number of anilines is 1. The summed E-state index contributed by atoms with van der Waals surface area (Å²) in [5.41, 5.74) is -1.28. The maximum Gasteiger partial charge on any atom is 0.433 e. The van der Waals surface area contributed by atoms with Crippen LogP contribution < -0.4 is 5.32 Å². The number of amides is 1. The number of hydrogen-bond acceptors (Lipinski definition) is 2. The lowest BCUT2D eigenvalue weighted by atomic mass is 10.2. The highest BCUT2D eigenvalue weighted by molar-refractivity contribution is 9.10. The van der Waals surface area contributed by atoms with Gasteiger partial charge in [0.25, 0.3) is 5.91 Å². The fraction of sp³-hybridized carbons (Fsp3) is 0.0769. The van der Waals surface area contributed by atoms with E-state index in [1.807, 2.05) is 0 Å².